The number of hydrogen-bond acceptors (Lipinski definition) is 7. The van der Waals surface area contributed by atoms with E-state index in [1.54, 1.807) is 17.9 Å². The number of aliphatic hydroxyl groups is 2. The number of ketones is 1. The van der Waals surface area contributed by atoms with Crippen LogP contribution in [0.15, 0.2) is 23.8 Å². The molecule has 2 saturated heterocycles. The molecule has 8 heteroatoms. The highest BCUT2D eigenvalue weighted by Gasteiger charge is 2.44. The van der Waals surface area contributed by atoms with Gasteiger partial charge in [0.25, 0.3) is 0 Å². The fraction of sp³-hybridized carbons (Fsp3) is 0.788. The number of carbonyl (C=O) groups is 3. The molecule has 2 bridgehead atoms. The molecule has 3 aliphatic heterocycles. The number of piperidine rings is 1. The van der Waals surface area contributed by atoms with Crippen molar-refractivity contribution in [2.45, 2.75) is 148 Å². The fourth-order valence-corrected chi connectivity index (χ4v) is 6.53. The molecular formula is C33H53NO7. The van der Waals surface area contributed by atoms with Gasteiger partial charge in [-0.1, -0.05) is 32.9 Å². The molecule has 0 saturated carbocycles. The quantitative estimate of drug-likeness (QED) is 0.451. The first-order chi connectivity index (χ1) is 19.4. The zero-order valence-corrected chi connectivity index (χ0v) is 25.8. The molecule has 2 N–H and O–H groups in total. The third-order valence-corrected chi connectivity index (χ3v) is 9.37. The second kappa shape index (κ2) is 15.4. The normalized spacial score (nSPS) is 34.7. The lowest BCUT2D eigenvalue weighted by atomic mass is 9.82. The minimum absolute atomic E-state index is 0.00735. The number of rotatable bonds is 4. The van der Waals surface area contributed by atoms with Crippen LogP contribution >= 0.6 is 0 Å². The maximum Gasteiger partial charge on any atom is 0.329 e. The molecule has 3 rings (SSSR count). The van der Waals surface area contributed by atoms with Crippen molar-refractivity contribution in [3.63, 3.8) is 0 Å². The van der Waals surface area contributed by atoms with Gasteiger partial charge in [-0.2, -0.15) is 0 Å². The standard InChI is InChI=1S/C33H53NO7/c1-6-25(35)20-29(36)33(5)21-24(4)28-18-17-26(40-28)14-11-13-23(3)31(38)22(2)12-7-8-16-30(37)34-19-10-9-15-27(34)32(39)41-33/h8,13,16,22,24-29,35-36H,6-7,9-12,14-15,17-21H2,1-5H3. The summed E-state index contributed by atoms with van der Waals surface area (Å²) in [6.07, 6.45) is 11.3. The summed E-state index contributed by atoms with van der Waals surface area (Å²) in [6, 6.07) is -0.728. The number of esters is 1. The number of hydrogen-bond donors (Lipinski definition) is 2. The summed E-state index contributed by atoms with van der Waals surface area (Å²) in [5.74, 6) is -0.759. The van der Waals surface area contributed by atoms with Crippen LogP contribution in [0.3, 0.4) is 0 Å². The lowest BCUT2D eigenvalue weighted by Crippen LogP contribution is -2.53. The fourth-order valence-electron chi connectivity index (χ4n) is 6.53. The van der Waals surface area contributed by atoms with Crippen molar-refractivity contribution in [2.75, 3.05) is 6.54 Å². The largest absolute Gasteiger partial charge is 0.455 e. The maximum absolute atomic E-state index is 13.7. The van der Waals surface area contributed by atoms with E-state index in [0.717, 1.165) is 44.1 Å². The van der Waals surface area contributed by atoms with Crippen LogP contribution in [0, 0.1) is 11.8 Å². The molecule has 2 fully saturated rings. The Morgan fingerprint density at radius 2 is 1.80 bits per heavy atom. The van der Waals surface area contributed by atoms with Crippen LogP contribution in [0.5, 0.6) is 0 Å². The Morgan fingerprint density at radius 3 is 2.54 bits per heavy atom. The second-order valence-corrected chi connectivity index (χ2v) is 12.9. The average molecular weight is 576 g/mol. The van der Waals surface area contributed by atoms with Crippen LogP contribution in [-0.2, 0) is 23.9 Å². The molecule has 41 heavy (non-hydrogen) atoms. The predicted molar refractivity (Wildman–Crippen MR) is 158 cm³/mol. The molecule has 0 aromatic rings. The molecule has 8 nitrogen and oxygen atoms in total. The van der Waals surface area contributed by atoms with E-state index in [1.165, 1.54) is 6.08 Å². The number of fused-ring (bicyclic) bond motifs is 3. The van der Waals surface area contributed by atoms with E-state index < -0.39 is 29.8 Å². The minimum atomic E-state index is -1.24. The number of cyclic esters (lactones) is 1. The van der Waals surface area contributed by atoms with E-state index in [0.29, 0.717) is 38.6 Å². The summed E-state index contributed by atoms with van der Waals surface area (Å²) in [5, 5.41) is 21.6. The average Bonchev–Trinajstić information content (AvgIpc) is 3.43. The van der Waals surface area contributed by atoms with Gasteiger partial charge >= 0.3 is 5.97 Å². The predicted octanol–water partition coefficient (Wildman–Crippen LogP) is 5.05. The SMILES string of the molecule is CCC(O)CC(O)C1(C)CC(C)C2CCC(CCC=C(C)C(=O)C(C)CCC=CC(=O)N3CCCCC3C(=O)O1)O2. The van der Waals surface area contributed by atoms with E-state index in [-0.39, 0.29) is 42.2 Å². The highest BCUT2D eigenvalue weighted by molar-refractivity contribution is 5.96. The van der Waals surface area contributed by atoms with E-state index in [4.69, 9.17) is 9.47 Å². The summed E-state index contributed by atoms with van der Waals surface area (Å²) in [5.41, 5.74) is -0.470. The monoisotopic (exact) mass is 575 g/mol. The van der Waals surface area contributed by atoms with Gasteiger partial charge in [-0.3, -0.25) is 9.59 Å². The third kappa shape index (κ3) is 9.23. The number of amides is 1. The van der Waals surface area contributed by atoms with E-state index >= 15 is 0 Å². The molecule has 8 unspecified atom stereocenters. The van der Waals surface area contributed by atoms with Crippen LogP contribution in [0.1, 0.15) is 112 Å². The first-order valence-electron chi connectivity index (χ1n) is 15.9. The zero-order chi connectivity index (χ0) is 30.2. The number of carbonyl (C=O) groups excluding carboxylic acids is 3. The summed E-state index contributed by atoms with van der Waals surface area (Å²) in [6.45, 7) is 9.92. The summed E-state index contributed by atoms with van der Waals surface area (Å²) < 4.78 is 12.6. The Hall–Kier alpha value is -2.03. The van der Waals surface area contributed by atoms with E-state index in [1.807, 2.05) is 26.8 Å². The van der Waals surface area contributed by atoms with E-state index in [2.05, 4.69) is 6.92 Å². The van der Waals surface area contributed by atoms with Gasteiger partial charge in [-0.25, -0.2) is 4.79 Å². The number of Topliss-reactive ketones (excluding diaryl/α,β-unsaturated/α-hetero) is 1. The molecule has 0 radical (unpaired) electrons. The smallest absolute Gasteiger partial charge is 0.329 e. The summed E-state index contributed by atoms with van der Waals surface area (Å²) in [4.78, 5) is 41.3. The third-order valence-electron chi connectivity index (χ3n) is 9.37. The molecule has 0 aromatic heterocycles. The lowest BCUT2D eigenvalue weighted by molar-refractivity contribution is -0.186. The topological polar surface area (TPSA) is 113 Å². The first-order valence-corrected chi connectivity index (χ1v) is 15.9. The molecule has 0 spiro atoms. The Morgan fingerprint density at radius 1 is 1.05 bits per heavy atom. The van der Waals surface area contributed by atoms with Gasteiger partial charge in [0.15, 0.2) is 5.78 Å². The maximum atomic E-state index is 13.7. The highest BCUT2D eigenvalue weighted by atomic mass is 16.6. The highest BCUT2D eigenvalue weighted by Crippen LogP contribution is 2.36. The van der Waals surface area contributed by atoms with Crippen molar-refractivity contribution >= 4 is 17.7 Å². The summed E-state index contributed by atoms with van der Waals surface area (Å²) in [7, 11) is 0. The van der Waals surface area contributed by atoms with Crippen molar-refractivity contribution in [2.24, 2.45) is 11.8 Å². The van der Waals surface area contributed by atoms with Gasteiger partial charge in [-0.15, -0.1) is 0 Å². The van der Waals surface area contributed by atoms with Crippen molar-refractivity contribution in [3.8, 4) is 0 Å². The van der Waals surface area contributed by atoms with Crippen molar-refractivity contribution in [3.05, 3.63) is 23.8 Å². The van der Waals surface area contributed by atoms with Crippen molar-refractivity contribution in [1.29, 1.82) is 0 Å². The molecular weight excluding hydrogens is 522 g/mol. The van der Waals surface area contributed by atoms with Crippen LogP contribution in [0.25, 0.3) is 0 Å². The molecule has 0 aromatic carbocycles. The van der Waals surface area contributed by atoms with Crippen molar-refractivity contribution in [1.82, 2.24) is 4.90 Å². The van der Waals surface area contributed by atoms with Gasteiger partial charge < -0.3 is 24.6 Å². The Labute approximate surface area is 246 Å². The van der Waals surface area contributed by atoms with Gasteiger partial charge in [0, 0.05) is 18.9 Å². The minimum Gasteiger partial charge on any atom is -0.455 e. The molecule has 1 amide bonds. The zero-order valence-electron chi connectivity index (χ0n) is 25.8. The van der Waals surface area contributed by atoms with Gasteiger partial charge in [0.2, 0.25) is 5.91 Å². The Bertz CT molecular complexity index is 961. The number of nitrogens with zero attached hydrogens (tertiary/aromatic N) is 1. The molecule has 232 valence electrons. The Balaban J connectivity index is 1.88. The summed E-state index contributed by atoms with van der Waals surface area (Å²) >= 11 is 0. The van der Waals surface area contributed by atoms with Crippen LogP contribution in [-0.4, -0.2) is 75.4 Å². The number of allylic oxidation sites excluding steroid dienone is 3. The second-order valence-electron chi connectivity index (χ2n) is 12.9. The van der Waals surface area contributed by atoms with Gasteiger partial charge in [0.1, 0.15) is 11.6 Å². The van der Waals surface area contributed by atoms with E-state index in [9.17, 15) is 24.6 Å². The molecule has 8 atom stereocenters. The number of ether oxygens (including phenoxy) is 2. The molecule has 0 aliphatic carbocycles. The van der Waals surface area contributed by atoms with Crippen LogP contribution < -0.4 is 0 Å². The molecule has 3 aliphatic rings. The number of aliphatic hydroxyl groups excluding tert-OH is 2. The van der Waals surface area contributed by atoms with Crippen molar-refractivity contribution < 1.29 is 34.1 Å². The van der Waals surface area contributed by atoms with Crippen LogP contribution in [0.2, 0.25) is 0 Å². The molecule has 3 heterocycles. The first kappa shape index (κ1) is 33.5. The Kier molecular flexibility index (Phi) is 12.6. The van der Waals surface area contributed by atoms with Gasteiger partial charge in [0.05, 0.1) is 24.4 Å². The van der Waals surface area contributed by atoms with Crippen LogP contribution in [0.4, 0.5) is 0 Å². The van der Waals surface area contributed by atoms with Gasteiger partial charge in [-0.05, 0) is 102 Å². The lowest BCUT2D eigenvalue weighted by Gasteiger charge is -2.41.